The first-order valence-electron chi connectivity index (χ1n) is 6.02. The molecular formula is C15H12F2NO2S+. The number of benzene rings is 2. The van der Waals surface area contributed by atoms with Gasteiger partial charge < -0.3 is 0 Å². The molecule has 0 aliphatic heterocycles. The van der Waals surface area contributed by atoms with Gasteiger partial charge in [0.05, 0.1) is 10.5 Å². The number of hydrogen-bond donors (Lipinski definition) is 0. The van der Waals surface area contributed by atoms with Crippen molar-refractivity contribution in [3.05, 3.63) is 70.1 Å². The Kier molecular flexibility index (Phi) is 4.05. The van der Waals surface area contributed by atoms with Crippen LogP contribution in [0.3, 0.4) is 0 Å². The van der Waals surface area contributed by atoms with Gasteiger partial charge in [-0.25, -0.2) is 17.2 Å². The van der Waals surface area contributed by atoms with Gasteiger partial charge >= 0.3 is 5.37 Å². The zero-order chi connectivity index (χ0) is 15.6. The normalized spacial score (nSPS) is 12.7. The fourth-order valence-electron chi connectivity index (χ4n) is 1.89. The van der Waals surface area contributed by atoms with Crippen LogP contribution in [0, 0.1) is 25.1 Å². The first kappa shape index (κ1) is 15.1. The number of nitrogens with zero attached hydrogens (tertiary/aromatic N) is 1. The molecule has 0 amide bonds. The molecule has 0 radical (unpaired) electrons. The van der Waals surface area contributed by atoms with E-state index in [1.165, 1.54) is 12.1 Å². The second-order valence-electron chi connectivity index (χ2n) is 4.53. The maximum Gasteiger partial charge on any atom is 0.400 e. The number of rotatable bonds is 3. The highest BCUT2D eigenvalue weighted by Gasteiger charge is 2.39. The Bertz CT molecular complexity index is 809. The molecule has 0 bridgehead atoms. The van der Waals surface area contributed by atoms with E-state index >= 15 is 0 Å². The van der Waals surface area contributed by atoms with E-state index in [0.717, 1.165) is 23.8 Å². The van der Waals surface area contributed by atoms with Crippen molar-refractivity contribution in [2.45, 2.75) is 17.2 Å². The van der Waals surface area contributed by atoms with Crippen LogP contribution < -0.4 is 0 Å². The van der Waals surface area contributed by atoms with Gasteiger partial charge in [0.15, 0.2) is 0 Å². The summed E-state index contributed by atoms with van der Waals surface area (Å²) in [6, 6.07) is 8.46. The van der Waals surface area contributed by atoms with Crippen LogP contribution in [0.1, 0.15) is 16.5 Å². The lowest BCUT2D eigenvalue weighted by molar-refractivity contribution is 0.571. The highest BCUT2D eigenvalue weighted by atomic mass is 32.2. The van der Waals surface area contributed by atoms with Crippen LogP contribution in [0.15, 0.2) is 47.4 Å². The molecule has 0 aromatic heterocycles. The summed E-state index contributed by atoms with van der Waals surface area (Å²) in [5, 5.41) is -1.70. The second kappa shape index (κ2) is 5.62. The zero-order valence-corrected chi connectivity index (χ0v) is 11.9. The van der Waals surface area contributed by atoms with E-state index in [9.17, 15) is 17.2 Å². The molecule has 0 heterocycles. The number of halogens is 2. The maximum absolute atomic E-state index is 13.8. The Labute approximate surface area is 121 Å². The summed E-state index contributed by atoms with van der Waals surface area (Å²) < 4.78 is 52.0. The van der Waals surface area contributed by atoms with Crippen LogP contribution in [0.2, 0.25) is 0 Å². The van der Waals surface area contributed by atoms with Gasteiger partial charge in [-0.15, -0.1) is 0 Å². The van der Waals surface area contributed by atoms with Crippen LogP contribution in [0.5, 0.6) is 0 Å². The fraction of sp³-hybridized carbons (Fsp3) is 0.133. The number of sulfone groups is 1. The molecule has 0 N–H and O–H groups in total. The summed E-state index contributed by atoms with van der Waals surface area (Å²) in [6.45, 7) is 6.93. The molecule has 3 nitrogen and oxygen atoms in total. The van der Waals surface area contributed by atoms with Crippen molar-refractivity contribution in [1.29, 1.82) is 0 Å². The summed E-state index contributed by atoms with van der Waals surface area (Å²) in [5.74, 6) is -1.65. The fourth-order valence-corrected chi connectivity index (χ4v) is 3.34. The molecule has 0 spiro atoms. The van der Waals surface area contributed by atoms with Crippen LogP contribution in [0.25, 0.3) is 4.85 Å². The van der Waals surface area contributed by atoms with Crippen molar-refractivity contribution in [3.8, 4) is 6.57 Å². The average Bonchev–Trinajstić information content (AvgIpc) is 2.43. The Morgan fingerprint density at radius 1 is 1.10 bits per heavy atom. The molecule has 0 fully saturated rings. The van der Waals surface area contributed by atoms with E-state index < -0.39 is 32.4 Å². The molecule has 0 unspecified atom stereocenters. The molecule has 0 saturated carbocycles. The smallest absolute Gasteiger partial charge is 0.215 e. The summed E-state index contributed by atoms with van der Waals surface area (Å²) in [5.41, 5.74) is 0.449. The third kappa shape index (κ3) is 2.93. The molecule has 0 aliphatic rings. The van der Waals surface area contributed by atoms with Crippen LogP contribution in [-0.2, 0) is 9.84 Å². The van der Waals surface area contributed by atoms with Crippen molar-refractivity contribution in [3.63, 3.8) is 0 Å². The van der Waals surface area contributed by atoms with Crippen molar-refractivity contribution in [1.82, 2.24) is 0 Å². The average molecular weight is 308 g/mol. The zero-order valence-electron chi connectivity index (χ0n) is 11.1. The predicted octanol–water partition coefficient (Wildman–Crippen LogP) is 3.71. The van der Waals surface area contributed by atoms with Gasteiger partial charge in [0.1, 0.15) is 11.6 Å². The second-order valence-corrected chi connectivity index (χ2v) is 6.53. The van der Waals surface area contributed by atoms with E-state index in [4.69, 9.17) is 6.57 Å². The van der Waals surface area contributed by atoms with Crippen LogP contribution in [-0.4, -0.2) is 8.42 Å². The van der Waals surface area contributed by atoms with Gasteiger partial charge in [-0.3, -0.25) is 0 Å². The van der Waals surface area contributed by atoms with E-state index in [1.807, 2.05) is 0 Å². The maximum atomic E-state index is 13.8. The highest BCUT2D eigenvalue weighted by Crippen LogP contribution is 2.32. The first-order valence-corrected chi connectivity index (χ1v) is 7.56. The van der Waals surface area contributed by atoms with Crippen molar-refractivity contribution in [2.24, 2.45) is 0 Å². The van der Waals surface area contributed by atoms with Crippen molar-refractivity contribution >= 4 is 9.84 Å². The number of aryl methyl sites for hydroxylation is 1. The van der Waals surface area contributed by atoms with E-state index in [0.29, 0.717) is 0 Å². The van der Waals surface area contributed by atoms with Crippen molar-refractivity contribution < 1.29 is 17.2 Å². The van der Waals surface area contributed by atoms with E-state index in [1.54, 1.807) is 19.1 Å². The summed E-state index contributed by atoms with van der Waals surface area (Å²) in [7, 11) is -4.06. The Morgan fingerprint density at radius 2 is 1.71 bits per heavy atom. The van der Waals surface area contributed by atoms with E-state index in [2.05, 4.69) is 4.85 Å². The lowest BCUT2D eigenvalue weighted by atomic mass is 10.2. The summed E-state index contributed by atoms with van der Waals surface area (Å²) in [4.78, 5) is 3.18. The van der Waals surface area contributed by atoms with Gasteiger partial charge in [0.2, 0.25) is 0 Å². The summed E-state index contributed by atoms with van der Waals surface area (Å²) in [6.07, 6.45) is 0. The SMILES string of the molecule is C#[N+][C@H](c1cc(F)ccc1F)S(=O)(=O)c1ccc(C)cc1. The Morgan fingerprint density at radius 3 is 2.29 bits per heavy atom. The minimum atomic E-state index is -4.06. The lowest BCUT2D eigenvalue weighted by Crippen LogP contribution is -2.12. The standard InChI is InChI=1S/C15H12F2NO2S/c1-10-3-6-12(7-4-10)21(19,20)15(18-2)13-9-11(16)5-8-14(13)17/h2-9,15H,1H3/q+1/t15-/m0/s1. The minimum absolute atomic E-state index is 0.0593. The molecule has 6 heteroatoms. The third-order valence-electron chi connectivity index (χ3n) is 3.00. The van der Waals surface area contributed by atoms with Gasteiger partial charge in [-0.05, 0) is 37.3 Å². The molecule has 2 rings (SSSR count). The third-order valence-corrected chi connectivity index (χ3v) is 4.90. The molecule has 2 aromatic rings. The Balaban J connectivity index is 2.58. The molecule has 0 aliphatic carbocycles. The first-order chi connectivity index (χ1) is 9.86. The monoisotopic (exact) mass is 308 g/mol. The van der Waals surface area contributed by atoms with Gasteiger partial charge in [-0.1, -0.05) is 22.5 Å². The van der Waals surface area contributed by atoms with E-state index in [-0.39, 0.29) is 4.90 Å². The van der Waals surface area contributed by atoms with Crippen molar-refractivity contribution in [2.75, 3.05) is 0 Å². The Hall–Kier alpha value is -2.26. The molecule has 21 heavy (non-hydrogen) atoms. The van der Waals surface area contributed by atoms with Gasteiger partial charge in [0, 0.05) is 0 Å². The number of hydrogen-bond acceptors (Lipinski definition) is 2. The predicted molar refractivity (Wildman–Crippen MR) is 75.8 cm³/mol. The van der Waals surface area contributed by atoms with Gasteiger partial charge in [0.25, 0.3) is 16.4 Å². The quantitative estimate of drug-likeness (QED) is 0.867. The lowest BCUT2D eigenvalue weighted by Gasteiger charge is -2.07. The molecule has 108 valence electrons. The molecule has 2 aromatic carbocycles. The minimum Gasteiger partial charge on any atom is -0.215 e. The van der Waals surface area contributed by atoms with Gasteiger partial charge in [-0.2, -0.15) is 0 Å². The molecule has 0 saturated heterocycles. The highest BCUT2D eigenvalue weighted by molar-refractivity contribution is 7.91. The van der Waals surface area contributed by atoms with Crippen LogP contribution >= 0.6 is 0 Å². The largest absolute Gasteiger partial charge is 0.400 e. The summed E-state index contributed by atoms with van der Waals surface area (Å²) >= 11 is 0. The molecular weight excluding hydrogens is 296 g/mol. The van der Waals surface area contributed by atoms with Crippen LogP contribution in [0.4, 0.5) is 8.78 Å². The molecule has 1 atom stereocenters. The topological polar surface area (TPSA) is 38.5 Å².